The minimum atomic E-state index is -4.37. The van der Waals surface area contributed by atoms with Gasteiger partial charge in [0.05, 0.1) is 10.6 Å². The molecule has 1 aliphatic heterocycles. The molecular weight excluding hydrogens is 539 g/mol. The van der Waals surface area contributed by atoms with Gasteiger partial charge < -0.3 is 9.80 Å². The first kappa shape index (κ1) is 28.1. The van der Waals surface area contributed by atoms with E-state index >= 15 is 0 Å². The third kappa shape index (κ3) is 6.39. The van der Waals surface area contributed by atoms with Crippen LogP contribution in [0.3, 0.4) is 0 Å². The fraction of sp³-hybridized carbons (Fsp3) is 0.385. The largest absolute Gasteiger partial charge is 0.416 e. The molecule has 0 bridgehead atoms. The van der Waals surface area contributed by atoms with Gasteiger partial charge in [-0.05, 0) is 75.7 Å². The van der Waals surface area contributed by atoms with E-state index in [1.54, 1.807) is 18.2 Å². The van der Waals surface area contributed by atoms with Gasteiger partial charge in [0.25, 0.3) is 10.0 Å². The number of halogens is 4. The highest BCUT2D eigenvalue weighted by Gasteiger charge is 2.38. The number of sulfonamides is 1. The van der Waals surface area contributed by atoms with Crippen LogP contribution in [0, 0.1) is 0 Å². The molecule has 4 rings (SSSR count). The number of piperidine rings is 1. The zero-order valence-corrected chi connectivity index (χ0v) is 22.6. The van der Waals surface area contributed by atoms with Gasteiger partial charge in [0, 0.05) is 30.5 Å². The van der Waals surface area contributed by atoms with E-state index in [0.717, 1.165) is 31.1 Å². The lowest BCUT2D eigenvalue weighted by Crippen LogP contribution is -2.56. The molecule has 1 aliphatic rings. The number of alkyl halides is 3. The minimum Gasteiger partial charge on any atom is -0.370 e. The number of rotatable bonds is 8. The van der Waals surface area contributed by atoms with E-state index in [-0.39, 0.29) is 21.3 Å². The number of aromatic nitrogens is 2. The van der Waals surface area contributed by atoms with Gasteiger partial charge in [-0.25, -0.2) is 18.4 Å². The SMILES string of the molecule is CN(C)[C@@]1(CCc2cccc(C(F)(F)F)c2)CCCN(c2ccc(S(=O)(=O)Nc3ccncn3)c(Cl)c2)C1. The Morgan fingerprint density at radius 2 is 1.95 bits per heavy atom. The van der Waals surface area contributed by atoms with Crippen molar-refractivity contribution in [2.45, 2.75) is 42.3 Å². The highest BCUT2D eigenvalue weighted by molar-refractivity contribution is 7.92. The predicted octanol–water partition coefficient (Wildman–Crippen LogP) is 5.48. The molecule has 1 aromatic heterocycles. The summed E-state index contributed by atoms with van der Waals surface area (Å²) in [5.74, 6) is 0.132. The van der Waals surface area contributed by atoms with Crippen LogP contribution >= 0.6 is 11.6 Å². The van der Waals surface area contributed by atoms with Crippen molar-refractivity contribution < 1.29 is 21.6 Å². The molecule has 2 aromatic carbocycles. The zero-order chi connectivity index (χ0) is 27.6. The number of nitrogens with one attached hydrogen (secondary N) is 1. The second-order valence-electron chi connectivity index (χ2n) is 9.66. The van der Waals surface area contributed by atoms with Gasteiger partial charge in [-0.15, -0.1) is 0 Å². The summed E-state index contributed by atoms with van der Waals surface area (Å²) in [6.07, 6.45) is 1.22. The van der Waals surface area contributed by atoms with Crippen LogP contribution in [0.2, 0.25) is 5.02 Å². The van der Waals surface area contributed by atoms with Gasteiger partial charge in [0.2, 0.25) is 0 Å². The minimum absolute atomic E-state index is 0.0676. The van der Waals surface area contributed by atoms with Gasteiger partial charge in [-0.2, -0.15) is 13.2 Å². The van der Waals surface area contributed by atoms with E-state index in [1.165, 1.54) is 36.8 Å². The molecule has 1 fully saturated rings. The Hall–Kier alpha value is -2.89. The van der Waals surface area contributed by atoms with Crippen LogP contribution in [0.15, 0.2) is 66.0 Å². The molecule has 0 unspecified atom stereocenters. The van der Waals surface area contributed by atoms with Crippen molar-refractivity contribution in [2.24, 2.45) is 0 Å². The summed E-state index contributed by atoms with van der Waals surface area (Å²) < 4.78 is 67.6. The lowest BCUT2D eigenvalue weighted by molar-refractivity contribution is -0.137. The molecule has 12 heteroatoms. The van der Waals surface area contributed by atoms with E-state index in [2.05, 4.69) is 24.5 Å². The number of aryl methyl sites for hydroxylation is 1. The highest BCUT2D eigenvalue weighted by atomic mass is 35.5. The Kier molecular flexibility index (Phi) is 8.20. The van der Waals surface area contributed by atoms with Gasteiger partial charge in [-0.1, -0.05) is 29.8 Å². The van der Waals surface area contributed by atoms with Crippen LogP contribution < -0.4 is 9.62 Å². The quantitative estimate of drug-likeness (QED) is 0.388. The van der Waals surface area contributed by atoms with E-state index < -0.39 is 21.8 Å². The summed E-state index contributed by atoms with van der Waals surface area (Å²) in [6, 6.07) is 11.7. The molecule has 3 aromatic rings. The fourth-order valence-corrected chi connectivity index (χ4v) is 6.40. The number of benzene rings is 2. The van der Waals surface area contributed by atoms with Gasteiger partial charge in [0.1, 0.15) is 17.0 Å². The van der Waals surface area contributed by atoms with Crippen molar-refractivity contribution in [3.05, 3.63) is 77.2 Å². The maximum absolute atomic E-state index is 13.2. The topological polar surface area (TPSA) is 78.4 Å². The van der Waals surface area contributed by atoms with Crippen LogP contribution in [-0.4, -0.2) is 56.0 Å². The second kappa shape index (κ2) is 11.1. The third-order valence-corrected chi connectivity index (χ3v) is 8.87. The number of hydrogen-bond donors (Lipinski definition) is 1. The molecule has 0 amide bonds. The Balaban J connectivity index is 1.52. The molecule has 1 N–H and O–H groups in total. The Morgan fingerprint density at radius 3 is 2.61 bits per heavy atom. The smallest absolute Gasteiger partial charge is 0.370 e. The van der Waals surface area contributed by atoms with Crippen LogP contribution in [0.4, 0.5) is 24.7 Å². The maximum atomic E-state index is 13.2. The second-order valence-corrected chi connectivity index (χ2v) is 11.7. The van der Waals surface area contributed by atoms with Gasteiger partial charge >= 0.3 is 6.18 Å². The summed E-state index contributed by atoms with van der Waals surface area (Å²) in [6.45, 7) is 1.38. The molecule has 204 valence electrons. The van der Waals surface area contributed by atoms with E-state index in [0.29, 0.717) is 24.9 Å². The molecule has 0 spiro atoms. The van der Waals surface area contributed by atoms with Crippen LogP contribution in [0.25, 0.3) is 0 Å². The van der Waals surface area contributed by atoms with E-state index in [1.807, 2.05) is 14.1 Å². The molecule has 0 radical (unpaired) electrons. The number of anilines is 2. The number of likely N-dealkylation sites (N-methyl/N-ethyl adjacent to an activating group) is 1. The Labute approximate surface area is 225 Å². The molecule has 2 heterocycles. The standard InChI is InChI=1S/C26H29ClF3N5O2S/c1-34(2)25(12-9-19-5-3-6-20(15-19)26(28,29)30)11-4-14-35(17-25)21-7-8-23(22(27)16-21)38(36,37)33-24-10-13-31-18-32-24/h3,5-8,10,13,15-16,18H,4,9,11-12,14,17H2,1-2H3,(H,31,32,33)/t25-/m1/s1. The monoisotopic (exact) mass is 567 g/mol. The van der Waals surface area contributed by atoms with Crippen LogP contribution in [0.5, 0.6) is 0 Å². The van der Waals surface area contributed by atoms with E-state index in [4.69, 9.17) is 11.6 Å². The Bertz CT molecular complexity index is 1370. The van der Waals surface area contributed by atoms with Crippen molar-refractivity contribution >= 4 is 33.1 Å². The maximum Gasteiger partial charge on any atom is 0.416 e. The molecule has 7 nitrogen and oxygen atoms in total. The molecule has 1 saturated heterocycles. The molecule has 38 heavy (non-hydrogen) atoms. The molecule has 0 saturated carbocycles. The summed E-state index contributed by atoms with van der Waals surface area (Å²) in [4.78, 5) is 11.9. The highest BCUT2D eigenvalue weighted by Crippen LogP contribution is 2.36. The average Bonchev–Trinajstić information content (AvgIpc) is 2.87. The van der Waals surface area contributed by atoms with Crippen molar-refractivity contribution in [3.63, 3.8) is 0 Å². The van der Waals surface area contributed by atoms with Crippen molar-refractivity contribution in [2.75, 3.05) is 36.8 Å². The predicted molar refractivity (Wildman–Crippen MR) is 142 cm³/mol. The summed E-state index contributed by atoms with van der Waals surface area (Å²) >= 11 is 6.44. The fourth-order valence-electron chi connectivity index (χ4n) is 4.85. The lowest BCUT2D eigenvalue weighted by Gasteiger charge is -2.48. The summed E-state index contributed by atoms with van der Waals surface area (Å²) in [5, 5.41) is 0.0778. The summed E-state index contributed by atoms with van der Waals surface area (Å²) in [7, 11) is 0.00630. The molecule has 0 aliphatic carbocycles. The Morgan fingerprint density at radius 1 is 1.16 bits per heavy atom. The first-order valence-corrected chi connectivity index (χ1v) is 13.9. The van der Waals surface area contributed by atoms with Gasteiger partial charge in [0.15, 0.2) is 0 Å². The van der Waals surface area contributed by atoms with E-state index in [9.17, 15) is 21.6 Å². The van der Waals surface area contributed by atoms with Crippen molar-refractivity contribution in [1.82, 2.24) is 14.9 Å². The number of hydrogen-bond acceptors (Lipinski definition) is 6. The average molecular weight is 568 g/mol. The number of nitrogens with zero attached hydrogens (tertiary/aromatic N) is 4. The van der Waals surface area contributed by atoms with Gasteiger partial charge in [-0.3, -0.25) is 4.72 Å². The van der Waals surface area contributed by atoms with Crippen LogP contribution in [-0.2, 0) is 22.6 Å². The van der Waals surface area contributed by atoms with Crippen LogP contribution in [0.1, 0.15) is 30.4 Å². The first-order chi connectivity index (χ1) is 17.9. The molecular formula is C26H29ClF3N5O2S. The first-order valence-electron chi connectivity index (χ1n) is 12.1. The van der Waals surface area contributed by atoms with Crippen molar-refractivity contribution in [1.29, 1.82) is 0 Å². The molecule has 1 atom stereocenters. The normalized spacial score (nSPS) is 18.6. The lowest BCUT2D eigenvalue weighted by atomic mass is 9.82. The zero-order valence-electron chi connectivity index (χ0n) is 21.0. The third-order valence-electron chi connectivity index (χ3n) is 7.03. The summed E-state index contributed by atoms with van der Waals surface area (Å²) in [5.41, 5.74) is 0.504. The van der Waals surface area contributed by atoms with Crippen molar-refractivity contribution in [3.8, 4) is 0 Å².